The van der Waals surface area contributed by atoms with Gasteiger partial charge in [0.1, 0.15) is 5.41 Å². The summed E-state index contributed by atoms with van der Waals surface area (Å²) in [5, 5.41) is 1.03. The summed E-state index contributed by atoms with van der Waals surface area (Å²) < 4.78 is 0. The molecule has 0 amide bonds. The number of benzene rings is 4. The van der Waals surface area contributed by atoms with Crippen molar-refractivity contribution in [3.63, 3.8) is 0 Å². The van der Waals surface area contributed by atoms with Crippen LogP contribution in [0.5, 0.6) is 0 Å². The van der Waals surface area contributed by atoms with Crippen LogP contribution in [0.3, 0.4) is 0 Å². The third-order valence-electron chi connectivity index (χ3n) is 6.31. The lowest BCUT2D eigenvalue weighted by atomic mass is 9.61. The molecule has 0 saturated carbocycles. The summed E-state index contributed by atoms with van der Waals surface area (Å²) in [6, 6.07) is 38.3. The first-order valence-corrected chi connectivity index (χ1v) is 10.5. The fourth-order valence-corrected chi connectivity index (χ4v) is 4.94. The van der Waals surface area contributed by atoms with E-state index >= 15 is 0 Å². The van der Waals surface area contributed by atoms with E-state index < -0.39 is 5.41 Å². The summed E-state index contributed by atoms with van der Waals surface area (Å²) in [5.74, 6) is 0.0880. The molecular formula is C29H19NO. The monoisotopic (exact) mass is 397 g/mol. The zero-order valence-electron chi connectivity index (χ0n) is 16.8. The molecule has 31 heavy (non-hydrogen) atoms. The van der Waals surface area contributed by atoms with E-state index in [1.54, 1.807) is 0 Å². The highest BCUT2D eigenvalue weighted by Gasteiger charge is 2.49. The van der Waals surface area contributed by atoms with Crippen molar-refractivity contribution in [3.8, 4) is 11.3 Å². The zero-order valence-corrected chi connectivity index (χ0v) is 16.8. The van der Waals surface area contributed by atoms with Crippen LogP contribution in [0.2, 0.25) is 0 Å². The Bertz CT molecular complexity index is 1400. The van der Waals surface area contributed by atoms with Gasteiger partial charge in [0, 0.05) is 22.1 Å². The van der Waals surface area contributed by atoms with Crippen molar-refractivity contribution >= 4 is 16.7 Å². The van der Waals surface area contributed by atoms with Crippen LogP contribution in [-0.2, 0) is 5.41 Å². The van der Waals surface area contributed by atoms with E-state index in [9.17, 15) is 4.79 Å². The summed E-state index contributed by atoms with van der Waals surface area (Å²) in [6.45, 7) is 0. The molecule has 0 spiro atoms. The van der Waals surface area contributed by atoms with Gasteiger partial charge in [-0.25, -0.2) is 4.98 Å². The topological polar surface area (TPSA) is 30.0 Å². The predicted octanol–water partition coefficient (Wildman–Crippen LogP) is 6.43. The average molecular weight is 397 g/mol. The highest BCUT2D eigenvalue weighted by Crippen LogP contribution is 2.50. The van der Waals surface area contributed by atoms with Crippen molar-refractivity contribution in [2.75, 3.05) is 0 Å². The van der Waals surface area contributed by atoms with Gasteiger partial charge < -0.3 is 0 Å². The smallest absolute Gasteiger partial charge is 0.182 e. The minimum Gasteiger partial charge on any atom is -0.292 e. The van der Waals surface area contributed by atoms with Crippen molar-refractivity contribution in [2.45, 2.75) is 5.41 Å². The largest absolute Gasteiger partial charge is 0.292 e. The van der Waals surface area contributed by atoms with Gasteiger partial charge >= 0.3 is 0 Å². The number of para-hydroxylation sites is 1. The van der Waals surface area contributed by atoms with Crippen LogP contribution in [0.15, 0.2) is 115 Å². The summed E-state index contributed by atoms with van der Waals surface area (Å²) in [4.78, 5) is 19.5. The molecule has 4 aromatic carbocycles. The summed E-state index contributed by atoms with van der Waals surface area (Å²) in [6.07, 6.45) is 0. The second kappa shape index (κ2) is 6.75. The first-order chi connectivity index (χ1) is 15.3. The molecule has 0 bridgehead atoms. The highest BCUT2D eigenvalue weighted by molar-refractivity contribution is 6.17. The number of ketones is 1. The number of nitrogens with zero attached hydrogens (tertiary/aromatic N) is 1. The molecule has 0 unspecified atom stereocenters. The summed E-state index contributed by atoms with van der Waals surface area (Å²) in [7, 11) is 0. The van der Waals surface area contributed by atoms with Crippen molar-refractivity contribution in [3.05, 3.63) is 138 Å². The van der Waals surface area contributed by atoms with Crippen LogP contribution < -0.4 is 0 Å². The van der Waals surface area contributed by atoms with Gasteiger partial charge in [0.05, 0.1) is 11.2 Å². The fourth-order valence-electron chi connectivity index (χ4n) is 4.94. The Morgan fingerprint density at radius 1 is 0.581 bits per heavy atom. The number of hydrogen-bond donors (Lipinski definition) is 0. The van der Waals surface area contributed by atoms with Gasteiger partial charge in [-0.1, -0.05) is 103 Å². The molecule has 0 N–H and O–H groups in total. The van der Waals surface area contributed by atoms with Crippen molar-refractivity contribution < 1.29 is 4.79 Å². The standard InChI is InChI=1S/C29H19NO/c31-28-24-17-9-8-16-23(24)27-25(19-20-11-7-10-18-26(20)30-27)29(28,21-12-3-1-4-13-21)22-14-5-2-6-15-22/h1-19H. The van der Waals surface area contributed by atoms with Gasteiger partial charge in [0.15, 0.2) is 5.78 Å². The van der Waals surface area contributed by atoms with Gasteiger partial charge in [-0.15, -0.1) is 0 Å². The number of rotatable bonds is 2. The molecule has 2 heteroatoms. The van der Waals surface area contributed by atoms with Gasteiger partial charge in [0.2, 0.25) is 0 Å². The van der Waals surface area contributed by atoms with Gasteiger partial charge in [-0.05, 0) is 23.3 Å². The Hall–Kier alpha value is -4.04. The first kappa shape index (κ1) is 17.8. The average Bonchev–Trinajstić information content (AvgIpc) is 2.85. The molecule has 0 aliphatic heterocycles. The Kier molecular flexibility index (Phi) is 3.87. The molecule has 0 fully saturated rings. The van der Waals surface area contributed by atoms with Gasteiger partial charge in [-0.2, -0.15) is 0 Å². The maximum atomic E-state index is 14.4. The second-order valence-electron chi connectivity index (χ2n) is 7.93. The lowest BCUT2D eigenvalue weighted by molar-refractivity contribution is 0.0933. The van der Waals surface area contributed by atoms with E-state index in [2.05, 4.69) is 36.4 Å². The normalized spacial score (nSPS) is 14.1. The van der Waals surface area contributed by atoms with E-state index in [1.165, 1.54) is 0 Å². The Morgan fingerprint density at radius 3 is 1.81 bits per heavy atom. The second-order valence-corrected chi connectivity index (χ2v) is 7.93. The maximum Gasteiger partial charge on any atom is 0.182 e. The van der Waals surface area contributed by atoms with Crippen LogP contribution in [0.1, 0.15) is 27.0 Å². The minimum atomic E-state index is -0.955. The lowest BCUT2D eigenvalue weighted by Crippen LogP contribution is -2.42. The molecule has 1 aromatic heterocycles. The Balaban J connectivity index is 1.83. The molecule has 1 heterocycles. The third kappa shape index (κ3) is 2.45. The SMILES string of the molecule is O=C1c2ccccc2-c2nc3ccccc3cc2C1(c1ccccc1)c1ccccc1. The van der Waals surface area contributed by atoms with E-state index in [4.69, 9.17) is 4.98 Å². The van der Waals surface area contributed by atoms with Crippen molar-refractivity contribution in [2.24, 2.45) is 0 Å². The third-order valence-corrected chi connectivity index (χ3v) is 6.31. The van der Waals surface area contributed by atoms with E-state index in [0.29, 0.717) is 5.56 Å². The molecular weight excluding hydrogens is 378 g/mol. The van der Waals surface area contributed by atoms with Crippen LogP contribution in [0, 0.1) is 0 Å². The molecule has 1 aliphatic rings. The quantitative estimate of drug-likeness (QED) is 0.343. The lowest BCUT2D eigenvalue weighted by Gasteiger charge is -2.39. The van der Waals surface area contributed by atoms with E-state index in [0.717, 1.165) is 38.9 Å². The molecule has 2 nitrogen and oxygen atoms in total. The molecule has 0 radical (unpaired) electrons. The number of aromatic nitrogens is 1. The summed E-state index contributed by atoms with van der Waals surface area (Å²) >= 11 is 0. The predicted molar refractivity (Wildman–Crippen MR) is 124 cm³/mol. The number of carbonyl (C=O) groups is 1. The molecule has 5 aromatic rings. The number of hydrogen-bond acceptors (Lipinski definition) is 2. The number of fused-ring (bicyclic) bond motifs is 4. The summed E-state index contributed by atoms with van der Waals surface area (Å²) in [5.41, 5.74) is 5.32. The molecule has 146 valence electrons. The number of pyridine rings is 1. The van der Waals surface area contributed by atoms with Crippen LogP contribution in [-0.4, -0.2) is 10.8 Å². The van der Waals surface area contributed by atoms with Gasteiger partial charge in [0.25, 0.3) is 0 Å². The van der Waals surface area contributed by atoms with Crippen LogP contribution in [0.25, 0.3) is 22.2 Å². The van der Waals surface area contributed by atoms with Crippen molar-refractivity contribution in [1.82, 2.24) is 4.98 Å². The zero-order chi connectivity index (χ0) is 20.8. The number of Topliss-reactive ketones (excluding diaryl/α,β-unsaturated/α-hetero) is 1. The first-order valence-electron chi connectivity index (χ1n) is 10.5. The molecule has 6 rings (SSSR count). The van der Waals surface area contributed by atoms with E-state index in [-0.39, 0.29) is 5.78 Å². The molecule has 1 aliphatic carbocycles. The number of carbonyl (C=O) groups excluding carboxylic acids is 1. The molecule has 0 atom stereocenters. The fraction of sp³-hybridized carbons (Fsp3) is 0.0345. The van der Waals surface area contributed by atoms with Crippen LogP contribution in [0.4, 0.5) is 0 Å². The Morgan fingerprint density at radius 2 is 1.13 bits per heavy atom. The van der Waals surface area contributed by atoms with Gasteiger partial charge in [-0.3, -0.25) is 4.79 Å². The Labute approximate surface area is 180 Å². The maximum absolute atomic E-state index is 14.4. The molecule has 0 saturated heterocycles. The van der Waals surface area contributed by atoms with Crippen LogP contribution >= 0.6 is 0 Å². The minimum absolute atomic E-state index is 0.0880. The van der Waals surface area contributed by atoms with E-state index in [1.807, 2.05) is 78.9 Å². The highest BCUT2D eigenvalue weighted by atomic mass is 16.1. The van der Waals surface area contributed by atoms with Crippen molar-refractivity contribution in [1.29, 1.82) is 0 Å².